The fraction of sp³-hybridized carbons (Fsp3) is 0.538. The highest BCUT2D eigenvalue weighted by molar-refractivity contribution is 6.31. The molecule has 2 N–H and O–H groups in total. The van der Waals surface area contributed by atoms with E-state index in [0.717, 1.165) is 32.2 Å². The molecule has 1 aliphatic carbocycles. The van der Waals surface area contributed by atoms with Gasteiger partial charge in [0.05, 0.1) is 0 Å². The van der Waals surface area contributed by atoms with Crippen molar-refractivity contribution in [1.82, 2.24) is 0 Å². The molecule has 1 aromatic rings. The van der Waals surface area contributed by atoms with Crippen LogP contribution < -0.4 is 5.73 Å². The lowest BCUT2D eigenvalue weighted by atomic mass is 9.95. The van der Waals surface area contributed by atoms with Crippen molar-refractivity contribution in [1.29, 1.82) is 0 Å². The summed E-state index contributed by atoms with van der Waals surface area (Å²) in [5.74, 6) is 0.766. The normalized spacial score (nSPS) is 24.9. The molecular formula is C13H17ClFN. The van der Waals surface area contributed by atoms with Gasteiger partial charge in [0.1, 0.15) is 5.82 Å². The number of nitrogens with two attached hydrogens (primary N) is 1. The largest absolute Gasteiger partial charge is 0.330 e. The molecule has 2 rings (SSSR count). The Morgan fingerprint density at radius 2 is 2.19 bits per heavy atom. The lowest BCUT2D eigenvalue weighted by Gasteiger charge is -2.13. The molecule has 0 amide bonds. The van der Waals surface area contributed by atoms with Crippen LogP contribution in [0.25, 0.3) is 0 Å². The Morgan fingerprint density at radius 1 is 1.38 bits per heavy atom. The molecule has 16 heavy (non-hydrogen) atoms. The molecular weight excluding hydrogens is 225 g/mol. The topological polar surface area (TPSA) is 26.0 Å². The van der Waals surface area contributed by atoms with Crippen LogP contribution in [0.2, 0.25) is 5.02 Å². The second kappa shape index (κ2) is 5.15. The highest BCUT2D eigenvalue weighted by atomic mass is 35.5. The summed E-state index contributed by atoms with van der Waals surface area (Å²) in [4.78, 5) is 0. The fourth-order valence-corrected chi connectivity index (χ4v) is 3.05. The smallest absolute Gasteiger partial charge is 0.128 e. The molecule has 0 heterocycles. The Balaban J connectivity index is 2.14. The third kappa shape index (κ3) is 2.38. The highest BCUT2D eigenvalue weighted by Crippen LogP contribution is 2.42. The first-order valence-corrected chi connectivity index (χ1v) is 6.24. The predicted octanol–water partition coefficient (Wildman–Crippen LogP) is 3.71. The Kier molecular flexibility index (Phi) is 3.82. The second-order valence-corrected chi connectivity index (χ2v) is 5.00. The van der Waals surface area contributed by atoms with Crippen LogP contribution in [0.1, 0.15) is 37.2 Å². The van der Waals surface area contributed by atoms with Crippen molar-refractivity contribution < 1.29 is 4.39 Å². The van der Waals surface area contributed by atoms with Crippen LogP contribution in [0.4, 0.5) is 4.39 Å². The molecule has 0 radical (unpaired) electrons. The Morgan fingerprint density at radius 3 is 2.88 bits per heavy atom. The van der Waals surface area contributed by atoms with E-state index in [1.165, 1.54) is 6.07 Å². The number of halogens is 2. The van der Waals surface area contributed by atoms with E-state index in [1.54, 1.807) is 12.1 Å². The molecule has 0 saturated heterocycles. The van der Waals surface area contributed by atoms with Crippen molar-refractivity contribution in [3.63, 3.8) is 0 Å². The molecule has 1 aliphatic rings. The minimum atomic E-state index is -0.161. The first-order valence-electron chi connectivity index (χ1n) is 5.86. The van der Waals surface area contributed by atoms with Crippen LogP contribution in [-0.4, -0.2) is 6.54 Å². The summed E-state index contributed by atoms with van der Waals surface area (Å²) in [5, 5.41) is 0.568. The average molecular weight is 242 g/mol. The van der Waals surface area contributed by atoms with Gasteiger partial charge in [-0.3, -0.25) is 0 Å². The van der Waals surface area contributed by atoms with Gasteiger partial charge in [-0.1, -0.05) is 17.7 Å². The standard InChI is InChI=1S/C13H17ClFN/c14-11-2-1-3-12(15)13(11)10-5-4-9(8-10)6-7-16/h1-3,9-10H,4-8,16H2. The zero-order valence-electron chi connectivity index (χ0n) is 9.26. The summed E-state index contributed by atoms with van der Waals surface area (Å²) in [5.41, 5.74) is 6.26. The van der Waals surface area contributed by atoms with Crippen LogP contribution >= 0.6 is 11.6 Å². The van der Waals surface area contributed by atoms with Gasteiger partial charge in [0.25, 0.3) is 0 Å². The van der Waals surface area contributed by atoms with Crippen LogP contribution in [0.3, 0.4) is 0 Å². The highest BCUT2D eigenvalue weighted by Gasteiger charge is 2.28. The van der Waals surface area contributed by atoms with E-state index in [-0.39, 0.29) is 11.7 Å². The van der Waals surface area contributed by atoms with Crippen LogP contribution in [0.5, 0.6) is 0 Å². The SMILES string of the molecule is NCCC1CCC(c2c(F)cccc2Cl)C1. The van der Waals surface area contributed by atoms with Crippen molar-refractivity contribution in [2.24, 2.45) is 11.7 Å². The maximum absolute atomic E-state index is 13.7. The number of benzene rings is 1. The van der Waals surface area contributed by atoms with Gasteiger partial charge in [-0.05, 0) is 56.2 Å². The molecule has 1 aromatic carbocycles. The lowest BCUT2D eigenvalue weighted by molar-refractivity contribution is 0.498. The van der Waals surface area contributed by atoms with E-state index in [4.69, 9.17) is 17.3 Å². The summed E-state index contributed by atoms with van der Waals surface area (Å²) >= 11 is 6.07. The first-order chi connectivity index (χ1) is 7.72. The molecule has 0 aliphatic heterocycles. The zero-order chi connectivity index (χ0) is 11.5. The van der Waals surface area contributed by atoms with Crippen LogP contribution in [-0.2, 0) is 0 Å². The average Bonchev–Trinajstić information content (AvgIpc) is 2.67. The van der Waals surface area contributed by atoms with Gasteiger partial charge in [0.15, 0.2) is 0 Å². The van der Waals surface area contributed by atoms with E-state index in [0.29, 0.717) is 16.5 Å². The van der Waals surface area contributed by atoms with E-state index >= 15 is 0 Å². The maximum Gasteiger partial charge on any atom is 0.128 e. The summed E-state index contributed by atoms with van der Waals surface area (Å²) < 4.78 is 13.7. The number of hydrogen-bond donors (Lipinski definition) is 1. The second-order valence-electron chi connectivity index (χ2n) is 4.59. The van der Waals surface area contributed by atoms with Gasteiger partial charge >= 0.3 is 0 Å². The number of hydrogen-bond acceptors (Lipinski definition) is 1. The summed E-state index contributed by atoms with van der Waals surface area (Å²) in [6, 6.07) is 4.93. The molecule has 1 saturated carbocycles. The molecule has 1 nitrogen and oxygen atoms in total. The molecule has 2 atom stereocenters. The fourth-order valence-electron chi connectivity index (χ4n) is 2.74. The van der Waals surface area contributed by atoms with Crippen LogP contribution in [0.15, 0.2) is 18.2 Å². The molecule has 0 spiro atoms. The third-order valence-corrected chi connectivity index (χ3v) is 3.85. The molecule has 2 unspecified atom stereocenters. The third-order valence-electron chi connectivity index (χ3n) is 3.52. The quantitative estimate of drug-likeness (QED) is 0.858. The summed E-state index contributed by atoms with van der Waals surface area (Å²) in [6.07, 6.45) is 4.25. The monoisotopic (exact) mass is 241 g/mol. The Hall–Kier alpha value is -0.600. The minimum absolute atomic E-state index is 0.161. The molecule has 0 bridgehead atoms. The minimum Gasteiger partial charge on any atom is -0.330 e. The van der Waals surface area contributed by atoms with Crippen molar-refractivity contribution in [3.05, 3.63) is 34.6 Å². The van der Waals surface area contributed by atoms with Gasteiger partial charge < -0.3 is 5.73 Å². The van der Waals surface area contributed by atoms with Crippen molar-refractivity contribution >= 4 is 11.6 Å². The Labute approximate surface area is 101 Å². The van der Waals surface area contributed by atoms with Gasteiger partial charge in [-0.15, -0.1) is 0 Å². The molecule has 88 valence electrons. The predicted molar refractivity (Wildman–Crippen MR) is 65.2 cm³/mol. The van der Waals surface area contributed by atoms with Gasteiger partial charge in [0.2, 0.25) is 0 Å². The van der Waals surface area contributed by atoms with Gasteiger partial charge in [-0.2, -0.15) is 0 Å². The Bertz CT molecular complexity index is 347. The van der Waals surface area contributed by atoms with E-state index in [2.05, 4.69) is 0 Å². The number of rotatable bonds is 3. The van der Waals surface area contributed by atoms with Gasteiger partial charge in [0, 0.05) is 10.6 Å². The summed E-state index contributed by atoms with van der Waals surface area (Å²) in [7, 11) is 0. The lowest BCUT2D eigenvalue weighted by Crippen LogP contribution is -2.06. The van der Waals surface area contributed by atoms with Crippen molar-refractivity contribution in [2.45, 2.75) is 31.6 Å². The zero-order valence-corrected chi connectivity index (χ0v) is 10.0. The maximum atomic E-state index is 13.7. The van der Waals surface area contributed by atoms with Crippen molar-refractivity contribution in [2.75, 3.05) is 6.54 Å². The van der Waals surface area contributed by atoms with E-state index in [1.807, 2.05) is 0 Å². The first kappa shape index (κ1) is 11.9. The molecule has 0 aromatic heterocycles. The van der Waals surface area contributed by atoms with E-state index < -0.39 is 0 Å². The van der Waals surface area contributed by atoms with Gasteiger partial charge in [-0.25, -0.2) is 4.39 Å². The molecule has 1 fully saturated rings. The van der Waals surface area contributed by atoms with Crippen molar-refractivity contribution in [3.8, 4) is 0 Å². The van der Waals surface area contributed by atoms with E-state index in [9.17, 15) is 4.39 Å². The molecule has 3 heteroatoms. The van der Waals surface area contributed by atoms with Crippen LogP contribution in [0, 0.1) is 11.7 Å². The summed E-state index contributed by atoms with van der Waals surface area (Å²) in [6.45, 7) is 0.725.